The smallest absolute Gasteiger partial charge is 0.236 e. The van der Waals surface area contributed by atoms with Crippen LogP contribution in [0.15, 0.2) is 30.6 Å². The number of nitrogens with one attached hydrogen (secondary N) is 1. The highest BCUT2D eigenvalue weighted by Crippen LogP contribution is 2.26. The third-order valence-electron chi connectivity index (χ3n) is 3.05. The van der Waals surface area contributed by atoms with Gasteiger partial charge in [-0.3, -0.25) is 10.1 Å². The van der Waals surface area contributed by atoms with E-state index in [2.05, 4.69) is 15.4 Å². The third-order valence-corrected chi connectivity index (χ3v) is 3.29. The van der Waals surface area contributed by atoms with Gasteiger partial charge in [-0.2, -0.15) is 10.1 Å². The maximum absolute atomic E-state index is 12.4. The minimum Gasteiger partial charge on any atom is -0.294 e. The summed E-state index contributed by atoms with van der Waals surface area (Å²) in [6, 6.07) is 7.27. The van der Waals surface area contributed by atoms with Gasteiger partial charge < -0.3 is 0 Å². The second-order valence-corrected chi connectivity index (χ2v) is 5.23. The Morgan fingerprint density at radius 2 is 2.16 bits per heavy atom. The van der Waals surface area contributed by atoms with Crippen LogP contribution in [0.1, 0.15) is 19.4 Å². The Labute approximate surface area is 116 Å². The lowest BCUT2D eigenvalue weighted by atomic mass is 9.84. The molecule has 0 fully saturated rings. The predicted octanol–water partition coefficient (Wildman–Crippen LogP) is 2.38. The fourth-order valence-corrected chi connectivity index (χ4v) is 1.87. The van der Waals surface area contributed by atoms with Crippen molar-refractivity contribution in [2.45, 2.75) is 19.3 Å². The monoisotopic (exact) mass is 278 g/mol. The Hall–Kier alpha value is -1.88. The molecule has 1 aromatic heterocycles. The molecule has 19 heavy (non-hydrogen) atoms. The largest absolute Gasteiger partial charge is 0.294 e. The number of aromatic nitrogens is 3. The van der Waals surface area contributed by atoms with E-state index in [1.807, 2.05) is 26.0 Å². The number of carbonyl (C=O) groups excluding carboxylic acids is 1. The van der Waals surface area contributed by atoms with E-state index in [1.165, 1.54) is 11.0 Å². The number of carbonyl (C=O) groups is 1. The van der Waals surface area contributed by atoms with Crippen LogP contribution in [0.2, 0.25) is 5.02 Å². The van der Waals surface area contributed by atoms with Crippen LogP contribution in [-0.2, 0) is 17.3 Å². The van der Waals surface area contributed by atoms with E-state index < -0.39 is 5.41 Å². The topological polar surface area (TPSA) is 59.8 Å². The van der Waals surface area contributed by atoms with Crippen LogP contribution in [0.4, 0.5) is 5.95 Å². The number of nitrogens with zero attached hydrogens (tertiary/aromatic N) is 3. The van der Waals surface area contributed by atoms with E-state index in [0.717, 1.165) is 5.56 Å². The van der Waals surface area contributed by atoms with Crippen molar-refractivity contribution in [3.05, 3.63) is 41.2 Å². The number of rotatable bonds is 3. The number of halogens is 1. The lowest BCUT2D eigenvalue weighted by molar-refractivity contribution is -0.120. The Morgan fingerprint density at radius 3 is 2.74 bits per heavy atom. The number of benzene rings is 1. The van der Waals surface area contributed by atoms with Crippen molar-refractivity contribution >= 4 is 23.5 Å². The number of hydrogen-bond acceptors (Lipinski definition) is 3. The van der Waals surface area contributed by atoms with Gasteiger partial charge in [-0.1, -0.05) is 23.7 Å². The Bertz CT molecular complexity index is 606. The first-order chi connectivity index (χ1) is 8.91. The average Bonchev–Trinajstić information content (AvgIpc) is 2.75. The highest BCUT2D eigenvalue weighted by atomic mass is 35.5. The van der Waals surface area contributed by atoms with E-state index in [1.54, 1.807) is 19.2 Å². The summed E-state index contributed by atoms with van der Waals surface area (Å²) in [6.07, 6.45) is 1.39. The predicted molar refractivity (Wildman–Crippen MR) is 74.1 cm³/mol. The van der Waals surface area contributed by atoms with Gasteiger partial charge in [-0.25, -0.2) is 4.68 Å². The standard InChI is InChI=1S/C13H15ClN4O/c1-13(2,9-5-4-6-10(14)7-9)11(19)17-12-15-8-16-18(12)3/h4-8H,1-3H3,(H,15,16,17,19). The summed E-state index contributed by atoms with van der Waals surface area (Å²) in [4.78, 5) is 16.3. The molecule has 0 atom stereocenters. The minimum atomic E-state index is -0.711. The Balaban J connectivity index is 2.24. The van der Waals surface area contributed by atoms with Crippen LogP contribution in [0, 0.1) is 0 Å². The molecule has 0 aliphatic heterocycles. The van der Waals surface area contributed by atoms with E-state index in [4.69, 9.17) is 11.6 Å². The van der Waals surface area contributed by atoms with Crippen LogP contribution >= 0.6 is 11.6 Å². The van der Waals surface area contributed by atoms with Gasteiger partial charge in [0.25, 0.3) is 0 Å². The summed E-state index contributed by atoms with van der Waals surface area (Å²) in [5.41, 5.74) is 0.135. The number of anilines is 1. The summed E-state index contributed by atoms with van der Waals surface area (Å²) in [5, 5.41) is 7.27. The van der Waals surface area contributed by atoms with Crippen molar-refractivity contribution in [2.24, 2.45) is 7.05 Å². The molecule has 1 heterocycles. The van der Waals surface area contributed by atoms with Crippen LogP contribution in [0.25, 0.3) is 0 Å². The first-order valence-electron chi connectivity index (χ1n) is 5.83. The Kier molecular flexibility index (Phi) is 3.57. The molecule has 1 amide bonds. The van der Waals surface area contributed by atoms with E-state index in [9.17, 15) is 4.79 Å². The molecule has 2 rings (SSSR count). The molecule has 0 saturated heterocycles. The van der Waals surface area contributed by atoms with Gasteiger partial charge in [0.2, 0.25) is 11.9 Å². The van der Waals surface area contributed by atoms with Crippen molar-refractivity contribution in [1.82, 2.24) is 14.8 Å². The molecule has 0 bridgehead atoms. The molecule has 1 N–H and O–H groups in total. The van der Waals surface area contributed by atoms with Gasteiger partial charge in [0.05, 0.1) is 5.41 Å². The van der Waals surface area contributed by atoms with Gasteiger partial charge in [0.1, 0.15) is 6.33 Å². The molecule has 100 valence electrons. The van der Waals surface area contributed by atoms with Crippen LogP contribution in [0.5, 0.6) is 0 Å². The minimum absolute atomic E-state index is 0.161. The second kappa shape index (κ2) is 5.01. The maximum Gasteiger partial charge on any atom is 0.236 e. The Morgan fingerprint density at radius 1 is 1.42 bits per heavy atom. The number of aryl methyl sites for hydroxylation is 1. The zero-order valence-corrected chi connectivity index (χ0v) is 11.8. The number of hydrogen-bond donors (Lipinski definition) is 1. The van der Waals surface area contributed by atoms with Crippen molar-refractivity contribution in [2.75, 3.05) is 5.32 Å². The molecular weight excluding hydrogens is 264 g/mol. The lowest BCUT2D eigenvalue weighted by Crippen LogP contribution is -2.35. The van der Waals surface area contributed by atoms with E-state index >= 15 is 0 Å². The summed E-state index contributed by atoms with van der Waals surface area (Å²) < 4.78 is 1.51. The second-order valence-electron chi connectivity index (χ2n) is 4.80. The first-order valence-corrected chi connectivity index (χ1v) is 6.20. The molecular formula is C13H15ClN4O. The summed E-state index contributed by atoms with van der Waals surface area (Å²) >= 11 is 5.97. The van der Waals surface area contributed by atoms with Gasteiger partial charge >= 0.3 is 0 Å². The molecule has 0 unspecified atom stereocenters. The summed E-state index contributed by atoms with van der Waals surface area (Å²) in [7, 11) is 1.72. The zero-order chi connectivity index (χ0) is 14.0. The van der Waals surface area contributed by atoms with Crippen LogP contribution < -0.4 is 5.32 Å². The van der Waals surface area contributed by atoms with E-state index in [0.29, 0.717) is 11.0 Å². The average molecular weight is 279 g/mol. The molecule has 1 aromatic carbocycles. The van der Waals surface area contributed by atoms with Crippen molar-refractivity contribution in [1.29, 1.82) is 0 Å². The highest BCUT2D eigenvalue weighted by Gasteiger charge is 2.30. The lowest BCUT2D eigenvalue weighted by Gasteiger charge is -2.23. The SMILES string of the molecule is Cn1ncnc1NC(=O)C(C)(C)c1cccc(Cl)c1. The van der Waals surface area contributed by atoms with E-state index in [-0.39, 0.29) is 5.91 Å². The van der Waals surface area contributed by atoms with Crippen LogP contribution in [0.3, 0.4) is 0 Å². The molecule has 0 spiro atoms. The molecule has 0 radical (unpaired) electrons. The van der Waals surface area contributed by atoms with Crippen molar-refractivity contribution in [3.63, 3.8) is 0 Å². The fourth-order valence-electron chi connectivity index (χ4n) is 1.68. The zero-order valence-electron chi connectivity index (χ0n) is 11.0. The summed E-state index contributed by atoms with van der Waals surface area (Å²) in [6.45, 7) is 3.68. The molecule has 6 heteroatoms. The third kappa shape index (κ3) is 2.76. The summed E-state index contributed by atoms with van der Waals surface area (Å²) in [5.74, 6) is 0.256. The number of amides is 1. The van der Waals surface area contributed by atoms with Gasteiger partial charge in [-0.15, -0.1) is 0 Å². The van der Waals surface area contributed by atoms with Crippen molar-refractivity contribution in [3.8, 4) is 0 Å². The normalized spacial score (nSPS) is 11.4. The quantitative estimate of drug-likeness (QED) is 0.938. The van der Waals surface area contributed by atoms with Gasteiger partial charge in [0, 0.05) is 12.1 Å². The fraction of sp³-hybridized carbons (Fsp3) is 0.308. The molecule has 0 aliphatic carbocycles. The molecule has 2 aromatic rings. The van der Waals surface area contributed by atoms with Gasteiger partial charge in [0.15, 0.2) is 0 Å². The van der Waals surface area contributed by atoms with Gasteiger partial charge in [-0.05, 0) is 31.5 Å². The molecule has 0 aliphatic rings. The highest BCUT2D eigenvalue weighted by molar-refractivity contribution is 6.30. The van der Waals surface area contributed by atoms with Crippen molar-refractivity contribution < 1.29 is 4.79 Å². The maximum atomic E-state index is 12.4. The van der Waals surface area contributed by atoms with Crippen LogP contribution in [-0.4, -0.2) is 20.7 Å². The molecule has 5 nitrogen and oxygen atoms in total. The first kappa shape index (κ1) is 13.5. The molecule has 0 saturated carbocycles.